The van der Waals surface area contributed by atoms with E-state index in [1.54, 1.807) is 18.3 Å². The van der Waals surface area contributed by atoms with Crippen LogP contribution in [0.2, 0.25) is 0 Å². The summed E-state index contributed by atoms with van der Waals surface area (Å²) in [5.74, 6) is 0.373. The van der Waals surface area contributed by atoms with Crippen LogP contribution >= 0.6 is 0 Å². The first-order valence-corrected chi connectivity index (χ1v) is 15.2. The summed E-state index contributed by atoms with van der Waals surface area (Å²) < 4.78 is 38.9. The molecule has 3 heterocycles. The van der Waals surface area contributed by atoms with Gasteiger partial charge in [0.1, 0.15) is 24.0 Å². The zero-order chi connectivity index (χ0) is 27.5. The number of hydrogen-bond donors (Lipinski definition) is 2. The molecular formula is C30H33N3O5S. The van der Waals surface area contributed by atoms with Gasteiger partial charge in [0.05, 0.1) is 5.69 Å². The van der Waals surface area contributed by atoms with Gasteiger partial charge < -0.3 is 14.5 Å². The van der Waals surface area contributed by atoms with Crippen molar-refractivity contribution in [1.29, 1.82) is 0 Å². The van der Waals surface area contributed by atoms with Gasteiger partial charge in [0.2, 0.25) is 11.0 Å². The highest BCUT2D eigenvalue weighted by atomic mass is 32.3. The van der Waals surface area contributed by atoms with Crippen LogP contribution in [-0.2, 0) is 27.5 Å². The lowest BCUT2D eigenvalue weighted by molar-refractivity contribution is -0.124. The fraction of sp³-hybridized carbons (Fsp3) is 0.267. The highest BCUT2D eigenvalue weighted by Gasteiger charge is 2.45. The van der Waals surface area contributed by atoms with E-state index in [2.05, 4.69) is 10.3 Å². The predicted octanol–water partition coefficient (Wildman–Crippen LogP) is 5.42. The molecule has 1 aliphatic heterocycles. The largest absolute Gasteiger partial charge is 0.487 e. The number of ether oxygens (including phenoxy) is 1. The first-order chi connectivity index (χ1) is 18.7. The Kier molecular flexibility index (Phi) is 7.40. The average molecular weight is 548 g/mol. The topological polar surface area (TPSA) is 105 Å². The van der Waals surface area contributed by atoms with Crippen LogP contribution in [0.5, 0.6) is 5.75 Å². The van der Waals surface area contributed by atoms with Crippen LogP contribution in [0.3, 0.4) is 0 Å². The molecule has 1 aliphatic rings. The summed E-state index contributed by atoms with van der Waals surface area (Å²) in [7, 11) is -4.63. The van der Waals surface area contributed by atoms with E-state index in [0.29, 0.717) is 37.3 Å². The van der Waals surface area contributed by atoms with Crippen molar-refractivity contribution in [1.82, 2.24) is 14.6 Å². The van der Waals surface area contributed by atoms with Crippen molar-refractivity contribution < 1.29 is 22.7 Å². The van der Waals surface area contributed by atoms with Gasteiger partial charge in [-0.2, -0.15) is 8.51 Å². The monoisotopic (exact) mass is 547 g/mol. The molecule has 0 radical (unpaired) electrons. The van der Waals surface area contributed by atoms with Gasteiger partial charge in [0.25, 0.3) is 0 Å². The fourth-order valence-corrected chi connectivity index (χ4v) is 7.16. The van der Waals surface area contributed by atoms with Gasteiger partial charge in [-0.15, -0.1) is 0 Å². The lowest BCUT2D eigenvalue weighted by atomic mass is 10.1. The molecular weight excluding hydrogens is 514 g/mol. The second kappa shape index (κ2) is 10.8. The van der Waals surface area contributed by atoms with Crippen molar-refractivity contribution in [3.8, 4) is 5.75 Å². The second-order valence-electron chi connectivity index (χ2n) is 9.87. The molecule has 8 nitrogen and oxygen atoms in total. The number of aromatic nitrogens is 1. The number of nitrogens with zero attached hydrogens (tertiary/aromatic N) is 2. The number of rotatable bonds is 9. The van der Waals surface area contributed by atoms with E-state index in [4.69, 9.17) is 9.15 Å². The van der Waals surface area contributed by atoms with Gasteiger partial charge in [-0.3, -0.25) is 14.3 Å². The van der Waals surface area contributed by atoms with Gasteiger partial charge in [-0.1, -0.05) is 46.0 Å². The molecule has 1 fully saturated rings. The number of allylic oxidation sites excluding steroid dienone is 1. The lowest BCUT2D eigenvalue weighted by Crippen LogP contribution is -2.55. The van der Waals surface area contributed by atoms with E-state index in [-0.39, 0.29) is 17.5 Å². The van der Waals surface area contributed by atoms with E-state index in [1.807, 2.05) is 73.7 Å². The van der Waals surface area contributed by atoms with E-state index < -0.39 is 15.6 Å². The van der Waals surface area contributed by atoms with Crippen LogP contribution in [-0.4, -0.2) is 42.8 Å². The Balaban J connectivity index is 1.28. The minimum Gasteiger partial charge on any atom is -0.487 e. The zero-order valence-corrected chi connectivity index (χ0v) is 22.9. The van der Waals surface area contributed by atoms with Crippen LogP contribution in [0, 0.1) is 0 Å². The third kappa shape index (κ3) is 5.80. The van der Waals surface area contributed by atoms with Crippen molar-refractivity contribution in [2.45, 2.75) is 44.1 Å². The first-order valence-electron chi connectivity index (χ1n) is 12.9. The van der Waals surface area contributed by atoms with Crippen molar-refractivity contribution in [3.63, 3.8) is 0 Å². The molecule has 1 atom stereocenters. The molecule has 1 unspecified atom stereocenters. The average Bonchev–Trinajstić information content (AvgIpc) is 3.60. The van der Waals surface area contributed by atoms with E-state index in [0.717, 1.165) is 22.2 Å². The van der Waals surface area contributed by atoms with Gasteiger partial charge in [-0.25, -0.2) is 0 Å². The van der Waals surface area contributed by atoms with Gasteiger partial charge >= 0.3 is 0 Å². The first kappa shape index (κ1) is 26.8. The maximum atomic E-state index is 14.2. The summed E-state index contributed by atoms with van der Waals surface area (Å²) in [5, 5.41) is 3.65. The summed E-state index contributed by atoms with van der Waals surface area (Å²) in [6.45, 7) is 2.85. The van der Waals surface area contributed by atoms with Crippen LogP contribution < -0.4 is 10.1 Å². The summed E-state index contributed by atoms with van der Waals surface area (Å²) in [5.41, 5.74) is 3.18. The standard InChI is InChI=1S/C30H33N3O5S/c1-3-8-22-13-14-28-24(17-22)19-29(38-28)39(2,35,36)33-16-7-12-27(33)30(34)32-20-23-9-6-11-26(18-23)37-21-25-10-4-5-15-31-25/h3-6,8-11,13-15,17-19,27H,7,12,16,20-21H2,1-2H3,(H,32,34)(H,35,36)/b8-3+. The summed E-state index contributed by atoms with van der Waals surface area (Å²) in [6, 6.07) is 19.6. The smallest absolute Gasteiger partial charge is 0.239 e. The Morgan fingerprint density at radius 1 is 1.21 bits per heavy atom. The van der Waals surface area contributed by atoms with Crippen molar-refractivity contribution in [3.05, 3.63) is 95.8 Å². The fourth-order valence-electron chi connectivity index (χ4n) is 4.89. The second-order valence-corrected chi connectivity index (χ2v) is 13.2. The number of hydrogen-bond acceptors (Lipinski definition) is 5. The lowest BCUT2D eigenvalue weighted by Gasteiger charge is -2.46. The van der Waals surface area contributed by atoms with Crippen molar-refractivity contribution in [2.24, 2.45) is 0 Å². The van der Waals surface area contributed by atoms with Crippen LogP contribution in [0.4, 0.5) is 0 Å². The highest BCUT2D eigenvalue weighted by Crippen LogP contribution is 2.41. The Bertz CT molecular complexity index is 1570. The molecule has 2 N–H and O–H groups in total. The molecule has 1 amide bonds. The number of pyridine rings is 1. The molecule has 4 aromatic rings. The van der Waals surface area contributed by atoms with Crippen LogP contribution in [0.1, 0.15) is 36.6 Å². The number of fused-ring (bicyclic) bond motifs is 1. The van der Waals surface area contributed by atoms with Gasteiger partial charge in [0, 0.05) is 37.0 Å². The molecule has 5 rings (SSSR count). The molecule has 2 aromatic carbocycles. The Morgan fingerprint density at radius 2 is 2.08 bits per heavy atom. The number of carbonyl (C=O) groups is 1. The third-order valence-electron chi connectivity index (χ3n) is 6.88. The molecule has 0 bridgehead atoms. The number of furan rings is 1. The number of benzene rings is 2. The van der Waals surface area contributed by atoms with Gasteiger partial charge in [0.15, 0.2) is 0 Å². The van der Waals surface area contributed by atoms with Crippen molar-refractivity contribution in [2.75, 3.05) is 12.8 Å². The third-order valence-corrected chi connectivity index (χ3v) is 9.55. The van der Waals surface area contributed by atoms with Crippen LogP contribution in [0.25, 0.3) is 17.0 Å². The Morgan fingerprint density at radius 3 is 2.87 bits per heavy atom. The zero-order valence-electron chi connectivity index (χ0n) is 22.1. The van der Waals surface area contributed by atoms with E-state index in [9.17, 15) is 13.6 Å². The number of carbonyl (C=O) groups excluding carboxylic acids is 1. The van der Waals surface area contributed by atoms with Crippen LogP contribution in [0.15, 0.2) is 88.5 Å². The molecule has 2 aromatic heterocycles. The van der Waals surface area contributed by atoms with E-state index >= 15 is 0 Å². The minimum atomic E-state index is -4.63. The molecule has 39 heavy (non-hydrogen) atoms. The summed E-state index contributed by atoms with van der Waals surface area (Å²) in [4.78, 5) is 17.5. The van der Waals surface area contributed by atoms with Crippen molar-refractivity contribution >= 4 is 32.5 Å². The Labute approximate surface area is 228 Å². The summed E-state index contributed by atoms with van der Waals surface area (Å²) >= 11 is 0. The quantitative estimate of drug-likeness (QED) is 0.290. The maximum Gasteiger partial charge on any atom is 0.239 e. The number of amides is 1. The maximum absolute atomic E-state index is 14.2. The highest BCUT2D eigenvalue weighted by molar-refractivity contribution is 8.12. The number of nitrogens with one attached hydrogen (secondary N) is 1. The normalized spacial score (nSPS) is 17.3. The van der Waals surface area contributed by atoms with Gasteiger partial charge in [-0.05, 0) is 67.3 Å². The molecule has 9 heteroatoms. The molecule has 0 saturated carbocycles. The summed E-state index contributed by atoms with van der Waals surface area (Å²) in [6.07, 6.45) is 7.99. The molecule has 0 aliphatic carbocycles. The molecule has 204 valence electrons. The predicted molar refractivity (Wildman–Crippen MR) is 152 cm³/mol. The Hall–Kier alpha value is -3.79. The van der Waals surface area contributed by atoms with E-state index in [1.165, 1.54) is 10.6 Å². The SMILES string of the molecule is C/C=C/c1ccc2oc(S(C)(=O)(O)N3CCCC3C(=O)NCc3cccc(OCc4ccccn4)c3)cc2c1. The molecule has 1 saturated heterocycles. The minimum absolute atomic E-state index is 0.0305. The molecule has 0 spiro atoms.